The van der Waals surface area contributed by atoms with Gasteiger partial charge in [-0.05, 0) is 30.2 Å². The second kappa shape index (κ2) is 8.70. The SMILES string of the molecule is C=CC(C)(O)CN(Cc1ccccc1)Cc1ccc(OC)c(OC)c1. The molecule has 0 aliphatic heterocycles. The molecule has 2 aromatic rings. The van der Waals surface area contributed by atoms with Gasteiger partial charge in [0.25, 0.3) is 0 Å². The Balaban J connectivity index is 2.21. The van der Waals surface area contributed by atoms with E-state index in [9.17, 15) is 5.11 Å². The van der Waals surface area contributed by atoms with E-state index in [0.29, 0.717) is 24.6 Å². The van der Waals surface area contributed by atoms with Crippen molar-refractivity contribution >= 4 is 0 Å². The van der Waals surface area contributed by atoms with Gasteiger partial charge in [-0.1, -0.05) is 42.5 Å². The summed E-state index contributed by atoms with van der Waals surface area (Å²) >= 11 is 0. The molecular weight excluding hydrogens is 314 g/mol. The van der Waals surface area contributed by atoms with Crippen LogP contribution in [0.5, 0.6) is 11.5 Å². The lowest BCUT2D eigenvalue weighted by Gasteiger charge is -2.30. The lowest BCUT2D eigenvalue weighted by molar-refractivity contribution is 0.0555. The molecule has 0 bridgehead atoms. The first-order chi connectivity index (χ1) is 12.0. The second-order valence-corrected chi connectivity index (χ2v) is 6.38. The maximum atomic E-state index is 10.4. The normalized spacial score (nSPS) is 13.3. The third kappa shape index (κ3) is 5.62. The van der Waals surface area contributed by atoms with E-state index in [2.05, 4.69) is 23.6 Å². The number of methoxy groups -OCH3 is 2. The minimum atomic E-state index is -0.953. The first-order valence-electron chi connectivity index (χ1n) is 8.30. The molecule has 0 spiro atoms. The molecule has 0 aliphatic carbocycles. The Morgan fingerprint density at radius 3 is 2.24 bits per heavy atom. The summed E-state index contributed by atoms with van der Waals surface area (Å²) in [6, 6.07) is 16.1. The van der Waals surface area contributed by atoms with Gasteiger partial charge in [-0.3, -0.25) is 4.90 Å². The van der Waals surface area contributed by atoms with Crippen LogP contribution in [-0.2, 0) is 13.1 Å². The van der Waals surface area contributed by atoms with Crippen molar-refractivity contribution in [1.82, 2.24) is 4.90 Å². The fourth-order valence-electron chi connectivity index (χ4n) is 2.76. The molecule has 0 fully saturated rings. The Morgan fingerprint density at radius 1 is 1.00 bits per heavy atom. The number of hydrogen-bond acceptors (Lipinski definition) is 4. The first-order valence-corrected chi connectivity index (χ1v) is 8.30. The maximum absolute atomic E-state index is 10.4. The average molecular weight is 341 g/mol. The van der Waals surface area contributed by atoms with E-state index in [1.54, 1.807) is 27.2 Å². The molecule has 1 N–H and O–H groups in total. The molecule has 1 atom stereocenters. The summed E-state index contributed by atoms with van der Waals surface area (Å²) in [5, 5.41) is 10.4. The quantitative estimate of drug-likeness (QED) is 0.707. The summed E-state index contributed by atoms with van der Waals surface area (Å²) in [7, 11) is 3.26. The van der Waals surface area contributed by atoms with Crippen molar-refractivity contribution in [2.45, 2.75) is 25.6 Å². The summed E-state index contributed by atoms with van der Waals surface area (Å²) in [5.74, 6) is 1.41. The molecule has 0 heterocycles. The number of rotatable bonds is 9. The Labute approximate surface area is 150 Å². The van der Waals surface area contributed by atoms with Crippen LogP contribution >= 0.6 is 0 Å². The molecule has 0 amide bonds. The maximum Gasteiger partial charge on any atom is 0.161 e. The summed E-state index contributed by atoms with van der Waals surface area (Å²) in [4.78, 5) is 2.19. The van der Waals surface area contributed by atoms with Gasteiger partial charge in [0.1, 0.15) is 0 Å². The Kier molecular flexibility index (Phi) is 6.62. The monoisotopic (exact) mass is 341 g/mol. The summed E-state index contributed by atoms with van der Waals surface area (Å²) < 4.78 is 10.7. The molecule has 0 saturated carbocycles. The van der Waals surface area contributed by atoms with Crippen molar-refractivity contribution in [3.63, 3.8) is 0 Å². The van der Waals surface area contributed by atoms with Gasteiger partial charge in [0, 0.05) is 19.6 Å². The molecule has 2 rings (SSSR count). The topological polar surface area (TPSA) is 41.9 Å². The minimum absolute atomic E-state index is 0.486. The molecule has 0 saturated heterocycles. The summed E-state index contributed by atoms with van der Waals surface area (Å²) in [6.07, 6.45) is 1.58. The first kappa shape index (κ1) is 19.0. The van der Waals surface area contributed by atoms with Gasteiger partial charge in [-0.25, -0.2) is 0 Å². The third-order valence-electron chi connectivity index (χ3n) is 4.09. The largest absolute Gasteiger partial charge is 0.493 e. The predicted octanol–water partition coefficient (Wildman–Crippen LogP) is 3.64. The molecule has 2 aromatic carbocycles. The van der Waals surface area contributed by atoms with E-state index in [4.69, 9.17) is 9.47 Å². The predicted molar refractivity (Wildman–Crippen MR) is 101 cm³/mol. The van der Waals surface area contributed by atoms with E-state index >= 15 is 0 Å². The fourth-order valence-corrected chi connectivity index (χ4v) is 2.76. The second-order valence-electron chi connectivity index (χ2n) is 6.38. The van der Waals surface area contributed by atoms with Crippen LogP contribution in [0.25, 0.3) is 0 Å². The van der Waals surface area contributed by atoms with E-state index in [1.165, 1.54) is 5.56 Å². The van der Waals surface area contributed by atoms with Crippen LogP contribution in [0.4, 0.5) is 0 Å². The molecule has 134 valence electrons. The lowest BCUT2D eigenvalue weighted by atomic mass is 10.1. The molecule has 4 nitrogen and oxygen atoms in total. The molecule has 1 unspecified atom stereocenters. The number of benzene rings is 2. The zero-order chi connectivity index (χ0) is 18.3. The molecule has 25 heavy (non-hydrogen) atoms. The van der Waals surface area contributed by atoms with Gasteiger partial charge in [0.05, 0.1) is 19.8 Å². The highest BCUT2D eigenvalue weighted by molar-refractivity contribution is 5.42. The van der Waals surface area contributed by atoms with Gasteiger partial charge in [-0.2, -0.15) is 0 Å². The zero-order valence-corrected chi connectivity index (χ0v) is 15.2. The van der Waals surface area contributed by atoms with E-state index in [-0.39, 0.29) is 0 Å². The molecule has 0 radical (unpaired) electrons. The molecule has 4 heteroatoms. The van der Waals surface area contributed by atoms with Gasteiger partial charge in [0.2, 0.25) is 0 Å². The standard InChI is InChI=1S/C21H27NO3/c1-5-21(2,23)16-22(14-17-9-7-6-8-10-17)15-18-11-12-19(24-3)20(13-18)25-4/h5-13,23H,1,14-16H2,2-4H3. The average Bonchev–Trinajstić information content (AvgIpc) is 2.62. The molecule has 0 aromatic heterocycles. The van der Waals surface area contributed by atoms with Crippen LogP contribution in [0.2, 0.25) is 0 Å². The van der Waals surface area contributed by atoms with E-state index in [0.717, 1.165) is 12.1 Å². The fraction of sp³-hybridized carbons (Fsp3) is 0.333. The Hall–Kier alpha value is -2.30. The van der Waals surface area contributed by atoms with Crippen LogP contribution in [0.1, 0.15) is 18.1 Å². The van der Waals surface area contributed by atoms with Crippen molar-refractivity contribution in [2.24, 2.45) is 0 Å². The lowest BCUT2D eigenvalue weighted by Crippen LogP contribution is -2.38. The van der Waals surface area contributed by atoms with Crippen molar-refractivity contribution in [3.05, 3.63) is 72.3 Å². The Bertz CT molecular complexity index is 683. The van der Waals surface area contributed by atoms with Gasteiger partial charge in [-0.15, -0.1) is 6.58 Å². The smallest absolute Gasteiger partial charge is 0.161 e. The molecule has 0 aliphatic rings. The highest BCUT2D eigenvalue weighted by Crippen LogP contribution is 2.28. The van der Waals surface area contributed by atoms with Gasteiger partial charge in [0.15, 0.2) is 11.5 Å². The van der Waals surface area contributed by atoms with Crippen molar-refractivity contribution < 1.29 is 14.6 Å². The minimum Gasteiger partial charge on any atom is -0.493 e. The summed E-state index contributed by atoms with van der Waals surface area (Å²) in [6.45, 7) is 7.41. The van der Waals surface area contributed by atoms with Crippen molar-refractivity contribution in [2.75, 3.05) is 20.8 Å². The van der Waals surface area contributed by atoms with Gasteiger partial charge >= 0.3 is 0 Å². The van der Waals surface area contributed by atoms with Gasteiger partial charge < -0.3 is 14.6 Å². The van der Waals surface area contributed by atoms with Crippen LogP contribution in [0.15, 0.2) is 61.2 Å². The van der Waals surface area contributed by atoms with Crippen molar-refractivity contribution in [1.29, 1.82) is 0 Å². The van der Waals surface area contributed by atoms with Crippen LogP contribution < -0.4 is 9.47 Å². The Morgan fingerprint density at radius 2 is 1.64 bits per heavy atom. The highest BCUT2D eigenvalue weighted by atomic mass is 16.5. The van der Waals surface area contributed by atoms with Crippen LogP contribution in [0, 0.1) is 0 Å². The highest BCUT2D eigenvalue weighted by Gasteiger charge is 2.21. The third-order valence-corrected chi connectivity index (χ3v) is 4.09. The molecular formula is C21H27NO3. The number of hydrogen-bond donors (Lipinski definition) is 1. The van der Waals surface area contributed by atoms with E-state index in [1.807, 2.05) is 36.4 Å². The van der Waals surface area contributed by atoms with Crippen LogP contribution in [0.3, 0.4) is 0 Å². The number of ether oxygens (including phenoxy) is 2. The van der Waals surface area contributed by atoms with Crippen molar-refractivity contribution in [3.8, 4) is 11.5 Å². The summed E-state index contributed by atoms with van der Waals surface area (Å²) in [5.41, 5.74) is 1.34. The van der Waals surface area contributed by atoms with E-state index < -0.39 is 5.60 Å². The van der Waals surface area contributed by atoms with Crippen LogP contribution in [-0.4, -0.2) is 36.4 Å². The number of aliphatic hydroxyl groups is 1. The zero-order valence-electron chi connectivity index (χ0n) is 15.2. The number of nitrogens with zero attached hydrogens (tertiary/aromatic N) is 1.